The molecule has 2 rings (SSSR count). The molecule has 2 fully saturated rings. The van der Waals surface area contributed by atoms with Gasteiger partial charge in [0, 0.05) is 13.1 Å². The number of rotatable bonds is 2. The summed E-state index contributed by atoms with van der Waals surface area (Å²) in [6.45, 7) is 2.79. The molecule has 1 aliphatic carbocycles. The molecule has 0 aromatic carbocycles. The van der Waals surface area contributed by atoms with Crippen molar-refractivity contribution in [3.8, 4) is 0 Å². The number of carboxylic acids is 1. The van der Waals surface area contributed by atoms with Gasteiger partial charge in [-0.2, -0.15) is 0 Å². The summed E-state index contributed by atoms with van der Waals surface area (Å²) in [6, 6.07) is -0.462. The Morgan fingerprint density at radius 2 is 2.25 bits per heavy atom. The van der Waals surface area contributed by atoms with E-state index in [4.69, 9.17) is 0 Å². The van der Waals surface area contributed by atoms with Crippen molar-refractivity contribution in [3.05, 3.63) is 0 Å². The van der Waals surface area contributed by atoms with E-state index in [9.17, 15) is 19.5 Å². The molecule has 0 bridgehead atoms. The lowest BCUT2D eigenvalue weighted by Crippen LogP contribution is -2.62. The Morgan fingerprint density at radius 1 is 1.50 bits per heavy atom. The standard InChI is InChI=1S/C13H21N3O4/c1-9-3-2-4-13(7-9,11(18)19)15-12(20)16-6-5-14-10(17)8-16/h9H,2-8H2,1H3,(H,14,17)(H,15,20)(H,18,19). The number of nitrogens with zero attached hydrogens (tertiary/aromatic N) is 1. The number of hydrogen-bond acceptors (Lipinski definition) is 3. The highest BCUT2D eigenvalue weighted by Crippen LogP contribution is 2.32. The van der Waals surface area contributed by atoms with E-state index in [1.807, 2.05) is 6.92 Å². The largest absolute Gasteiger partial charge is 0.480 e. The van der Waals surface area contributed by atoms with Crippen LogP contribution in [0.4, 0.5) is 4.79 Å². The normalized spacial score (nSPS) is 30.6. The maximum atomic E-state index is 12.2. The van der Waals surface area contributed by atoms with E-state index in [0.29, 0.717) is 25.9 Å². The molecule has 1 saturated carbocycles. The van der Waals surface area contributed by atoms with Crippen molar-refractivity contribution in [2.75, 3.05) is 19.6 Å². The zero-order valence-electron chi connectivity index (χ0n) is 11.6. The van der Waals surface area contributed by atoms with E-state index < -0.39 is 17.5 Å². The number of carbonyl (C=O) groups excluding carboxylic acids is 2. The first-order valence-corrected chi connectivity index (χ1v) is 7.00. The third-order valence-corrected chi connectivity index (χ3v) is 4.08. The third kappa shape index (κ3) is 3.02. The first kappa shape index (κ1) is 14.6. The Morgan fingerprint density at radius 3 is 2.85 bits per heavy atom. The number of aliphatic carboxylic acids is 1. The van der Waals surface area contributed by atoms with Gasteiger partial charge in [0.15, 0.2) is 0 Å². The van der Waals surface area contributed by atoms with Gasteiger partial charge in [0.25, 0.3) is 0 Å². The molecule has 0 spiro atoms. The number of carbonyl (C=O) groups is 3. The van der Waals surface area contributed by atoms with Crippen molar-refractivity contribution in [3.63, 3.8) is 0 Å². The van der Waals surface area contributed by atoms with Crippen LogP contribution in [0.1, 0.15) is 32.6 Å². The Bertz CT molecular complexity index is 426. The fraction of sp³-hybridized carbons (Fsp3) is 0.769. The molecular weight excluding hydrogens is 262 g/mol. The fourth-order valence-electron chi connectivity index (χ4n) is 3.01. The Balaban J connectivity index is 2.06. The summed E-state index contributed by atoms with van der Waals surface area (Å²) >= 11 is 0. The zero-order chi connectivity index (χ0) is 14.8. The highest BCUT2D eigenvalue weighted by Gasteiger charge is 2.44. The summed E-state index contributed by atoms with van der Waals surface area (Å²) < 4.78 is 0. The van der Waals surface area contributed by atoms with E-state index in [0.717, 1.165) is 12.8 Å². The molecule has 20 heavy (non-hydrogen) atoms. The number of carboxylic acid groups (broad SMARTS) is 1. The van der Waals surface area contributed by atoms with Crippen molar-refractivity contribution in [2.45, 2.75) is 38.1 Å². The first-order valence-electron chi connectivity index (χ1n) is 7.00. The zero-order valence-corrected chi connectivity index (χ0v) is 11.6. The van der Waals surface area contributed by atoms with Crippen molar-refractivity contribution < 1.29 is 19.5 Å². The number of nitrogens with one attached hydrogen (secondary N) is 2. The van der Waals surface area contributed by atoms with Crippen LogP contribution in [-0.2, 0) is 9.59 Å². The fourth-order valence-corrected chi connectivity index (χ4v) is 3.01. The number of piperazine rings is 1. The minimum atomic E-state index is -1.19. The van der Waals surface area contributed by atoms with E-state index in [2.05, 4.69) is 10.6 Å². The summed E-state index contributed by atoms with van der Waals surface area (Å²) in [7, 11) is 0. The van der Waals surface area contributed by atoms with E-state index in [-0.39, 0.29) is 18.4 Å². The van der Waals surface area contributed by atoms with Crippen LogP contribution in [0.3, 0.4) is 0 Å². The van der Waals surface area contributed by atoms with Crippen LogP contribution >= 0.6 is 0 Å². The maximum Gasteiger partial charge on any atom is 0.329 e. The SMILES string of the molecule is CC1CCCC(NC(=O)N2CCNC(=O)C2)(C(=O)O)C1. The first-order chi connectivity index (χ1) is 9.43. The van der Waals surface area contributed by atoms with Crippen molar-refractivity contribution >= 4 is 17.9 Å². The van der Waals surface area contributed by atoms with Gasteiger partial charge in [0.1, 0.15) is 12.1 Å². The van der Waals surface area contributed by atoms with E-state index >= 15 is 0 Å². The quantitative estimate of drug-likeness (QED) is 0.672. The maximum absolute atomic E-state index is 12.2. The van der Waals surface area contributed by atoms with Gasteiger partial charge in [-0.1, -0.05) is 19.8 Å². The van der Waals surface area contributed by atoms with Crippen LogP contribution in [0.25, 0.3) is 0 Å². The predicted molar refractivity (Wildman–Crippen MR) is 71.1 cm³/mol. The predicted octanol–water partition coefficient (Wildman–Crippen LogP) is 0.161. The van der Waals surface area contributed by atoms with Crippen LogP contribution in [0.2, 0.25) is 0 Å². The summed E-state index contributed by atoms with van der Waals surface area (Å²) in [6.07, 6.45) is 2.65. The molecular formula is C13H21N3O4. The van der Waals surface area contributed by atoms with Crippen molar-refractivity contribution in [1.82, 2.24) is 15.5 Å². The molecule has 0 radical (unpaired) electrons. The molecule has 1 heterocycles. The number of amides is 3. The molecule has 0 aromatic rings. The second-order valence-corrected chi connectivity index (χ2v) is 5.79. The number of urea groups is 1. The lowest BCUT2D eigenvalue weighted by atomic mass is 9.76. The van der Waals surface area contributed by atoms with Gasteiger partial charge in [0.05, 0.1) is 0 Å². The monoisotopic (exact) mass is 283 g/mol. The highest BCUT2D eigenvalue weighted by molar-refractivity contribution is 5.89. The number of hydrogen-bond donors (Lipinski definition) is 3. The van der Waals surface area contributed by atoms with E-state index in [1.54, 1.807) is 0 Å². The molecule has 2 aliphatic rings. The highest BCUT2D eigenvalue weighted by atomic mass is 16.4. The molecule has 2 unspecified atom stereocenters. The molecule has 2 atom stereocenters. The molecule has 1 saturated heterocycles. The van der Waals surface area contributed by atoms with E-state index in [1.165, 1.54) is 4.90 Å². The second kappa shape index (κ2) is 5.68. The van der Waals surface area contributed by atoms with Gasteiger partial charge in [-0.15, -0.1) is 0 Å². The molecule has 3 N–H and O–H groups in total. The molecule has 1 aliphatic heterocycles. The van der Waals surface area contributed by atoms with Crippen LogP contribution < -0.4 is 10.6 Å². The van der Waals surface area contributed by atoms with Crippen LogP contribution in [-0.4, -0.2) is 53.1 Å². The summed E-state index contributed by atoms with van der Waals surface area (Å²) in [4.78, 5) is 36.4. The van der Waals surface area contributed by atoms with Crippen molar-refractivity contribution in [1.29, 1.82) is 0 Å². The molecule has 0 aromatic heterocycles. The minimum absolute atomic E-state index is 0.0168. The van der Waals surface area contributed by atoms with Gasteiger partial charge < -0.3 is 20.6 Å². The molecule has 7 nitrogen and oxygen atoms in total. The van der Waals surface area contributed by atoms with Gasteiger partial charge in [-0.3, -0.25) is 4.79 Å². The van der Waals surface area contributed by atoms with Crippen LogP contribution in [0.5, 0.6) is 0 Å². The lowest BCUT2D eigenvalue weighted by Gasteiger charge is -2.39. The smallest absolute Gasteiger partial charge is 0.329 e. The Hall–Kier alpha value is -1.79. The van der Waals surface area contributed by atoms with Crippen molar-refractivity contribution in [2.24, 2.45) is 5.92 Å². The Kier molecular flexibility index (Phi) is 4.15. The summed E-state index contributed by atoms with van der Waals surface area (Å²) in [5.74, 6) is -0.934. The summed E-state index contributed by atoms with van der Waals surface area (Å²) in [5, 5.41) is 14.8. The van der Waals surface area contributed by atoms with Crippen LogP contribution in [0.15, 0.2) is 0 Å². The second-order valence-electron chi connectivity index (χ2n) is 5.79. The molecule has 3 amide bonds. The molecule has 7 heteroatoms. The average molecular weight is 283 g/mol. The topological polar surface area (TPSA) is 98.7 Å². The van der Waals surface area contributed by atoms with Gasteiger partial charge in [-0.25, -0.2) is 9.59 Å². The summed E-state index contributed by atoms with van der Waals surface area (Å²) in [5.41, 5.74) is -1.19. The molecule has 112 valence electrons. The van der Waals surface area contributed by atoms with Gasteiger partial charge in [-0.05, 0) is 18.8 Å². The van der Waals surface area contributed by atoms with Gasteiger partial charge in [0.2, 0.25) is 5.91 Å². The average Bonchev–Trinajstić information content (AvgIpc) is 2.38. The van der Waals surface area contributed by atoms with Crippen LogP contribution in [0, 0.1) is 5.92 Å². The van der Waals surface area contributed by atoms with Gasteiger partial charge >= 0.3 is 12.0 Å². The Labute approximate surface area is 117 Å². The minimum Gasteiger partial charge on any atom is -0.480 e. The lowest BCUT2D eigenvalue weighted by molar-refractivity contribution is -0.146. The third-order valence-electron chi connectivity index (χ3n) is 4.08.